The summed E-state index contributed by atoms with van der Waals surface area (Å²) in [5.74, 6) is 0. The minimum atomic E-state index is 0.718. The fourth-order valence-corrected chi connectivity index (χ4v) is 3.30. The molecule has 0 bridgehead atoms. The van der Waals surface area contributed by atoms with Gasteiger partial charge in [-0.1, -0.05) is 0 Å². The van der Waals surface area contributed by atoms with Crippen molar-refractivity contribution in [3.05, 3.63) is 0 Å². The molecular weight excluding hydrogens is 198 g/mol. The van der Waals surface area contributed by atoms with Gasteiger partial charge in [-0.05, 0) is 46.7 Å². The van der Waals surface area contributed by atoms with Crippen molar-refractivity contribution in [3.8, 4) is 0 Å². The number of rotatable bonds is 4. The molecule has 94 valence electrons. The molecule has 2 saturated heterocycles. The quantitative estimate of drug-likeness (QED) is 0.774. The predicted octanol–water partition coefficient (Wildman–Crippen LogP) is 1.15. The zero-order valence-electron chi connectivity index (χ0n) is 11.1. The summed E-state index contributed by atoms with van der Waals surface area (Å²) >= 11 is 0. The summed E-state index contributed by atoms with van der Waals surface area (Å²) in [7, 11) is 2.07. The van der Waals surface area contributed by atoms with Crippen molar-refractivity contribution in [1.29, 1.82) is 0 Å². The third-order valence-corrected chi connectivity index (χ3v) is 4.26. The Labute approximate surface area is 100 Å². The van der Waals surface area contributed by atoms with Crippen LogP contribution in [0.3, 0.4) is 0 Å². The van der Waals surface area contributed by atoms with Gasteiger partial charge in [0.2, 0.25) is 0 Å². The van der Waals surface area contributed by atoms with Crippen LogP contribution >= 0.6 is 0 Å². The second kappa shape index (κ2) is 5.48. The Hall–Kier alpha value is -0.120. The maximum atomic E-state index is 3.34. The first-order chi connectivity index (χ1) is 7.72. The lowest BCUT2D eigenvalue weighted by atomic mass is 10.1. The topological polar surface area (TPSA) is 18.5 Å². The van der Waals surface area contributed by atoms with Crippen molar-refractivity contribution in [2.24, 2.45) is 0 Å². The molecule has 2 fully saturated rings. The van der Waals surface area contributed by atoms with E-state index in [0.29, 0.717) is 0 Å². The Morgan fingerprint density at radius 3 is 2.69 bits per heavy atom. The van der Waals surface area contributed by atoms with Gasteiger partial charge in [-0.2, -0.15) is 0 Å². The molecule has 2 unspecified atom stereocenters. The molecule has 0 radical (unpaired) electrons. The van der Waals surface area contributed by atoms with Crippen molar-refractivity contribution in [2.75, 3.05) is 33.2 Å². The van der Waals surface area contributed by atoms with Gasteiger partial charge in [0.1, 0.15) is 0 Å². The molecule has 2 atom stereocenters. The second-order valence-corrected chi connectivity index (χ2v) is 5.62. The molecule has 2 rings (SSSR count). The molecule has 3 nitrogen and oxygen atoms in total. The lowest BCUT2D eigenvalue weighted by Crippen LogP contribution is -2.45. The zero-order valence-corrected chi connectivity index (χ0v) is 11.1. The van der Waals surface area contributed by atoms with Crippen molar-refractivity contribution in [3.63, 3.8) is 0 Å². The van der Waals surface area contributed by atoms with Gasteiger partial charge in [-0.15, -0.1) is 0 Å². The van der Waals surface area contributed by atoms with Gasteiger partial charge in [0.15, 0.2) is 0 Å². The van der Waals surface area contributed by atoms with E-state index in [0.717, 1.165) is 24.7 Å². The van der Waals surface area contributed by atoms with Crippen molar-refractivity contribution < 1.29 is 0 Å². The largest absolute Gasteiger partial charge is 0.318 e. The Kier molecular flexibility index (Phi) is 4.22. The lowest BCUT2D eigenvalue weighted by molar-refractivity contribution is 0.168. The highest BCUT2D eigenvalue weighted by Crippen LogP contribution is 2.25. The van der Waals surface area contributed by atoms with Crippen LogP contribution in [0.2, 0.25) is 0 Å². The summed E-state index contributed by atoms with van der Waals surface area (Å²) in [6.45, 7) is 9.71. The molecule has 2 aliphatic rings. The summed E-state index contributed by atoms with van der Waals surface area (Å²) in [6, 6.07) is 2.33. The molecule has 3 heteroatoms. The summed E-state index contributed by atoms with van der Waals surface area (Å²) in [5.41, 5.74) is 0. The summed E-state index contributed by atoms with van der Waals surface area (Å²) in [5, 5.41) is 3.34. The van der Waals surface area contributed by atoms with Crippen molar-refractivity contribution in [2.45, 2.75) is 51.2 Å². The minimum Gasteiger partial charge on any atom is -0.318 e. The van der Waals surface area contributed by atoms with E-state index in [9.17, 15) is 0 Å². The maximum Gasteiger partial charge on any atom is 0.0238 e. The predicted molar refractivity (Wildman–Crippen MR) is 68.8 cm³/mol. The average Bonchev–Trinajstić information content (AvgIpc) is 2.84. The van der Waals surface area contributed by atoms with Crippen LogP contribution in [0, 0.1) is 0 Å². The number of hydrogen-bond donors (Lipinski definition) is 1. The van der Waals surface area contributed by atoms with Crippen molar-refractivity contribution in [1.82, 2.24) is 15.1 Å². The summed E-state index contributed by atoms with van der Waals surface area (Å²) < 4.78 is 0. The number of hydrogen-bond acceptors (Lipinski definition) is 3. The van der Waals surface area contributed by atoms with Gasteiger partial charge in [0, 0.05) is 37.8 Å². The van der Waals surface area contributed by atoms with Gasteiger partial charge in [0.05, 0.1) is 0 Å². The van der Waals surface area contributed by atoms with E-state index in [-0.39, 0.29) is 0 Å². The van der Waals surface area contributed by atoms with E-state index in [4.69, 9.17) is 0 Å². The molecule has 0 saturated carbocycles. The van der Waals surface area contributed by atoms with Crippen LogP contribution in [0.4, 0.5) is 0 Å². The highest BCUT2D eigenvalue weighted by molar-refractivity contribution is 4.91. The molecule has 0 spiro atoms. The van der Waals surface area contributed by atoms with E-state index >= 15 is 0 Å². The van der Waals surface area contributed by atoms with E-state index in [1.165, 1.54) is 38.9 Å². The fraction of sp³-hybridized carbons (Fsp3) is 1.00. The van der Waals surface area contributed by atoms with Crippen LogP contribution in [0.25, 0.3) is 0 Å². The smallest absolute Gasteiger partial charge is 0.0238 e. The molecule has 0 aliphatic carbocycles. The first kappa shape index (κ1) is 12.3. The first-order valence-electron chi connectivity index (χ1n) is 6.86. The van der Waals surface area contributed by atoms with Gasteiger partial charge in [-0.3, -0.25) is 9.80 Å². The maximum absolute atomic E-state index is 3.34. The third kappa shape index (κ3) is 2.58. The number of nitrogens with one attached hydrogen (secondary N) is 1. The van der Waals surface area contributed by atoms with Gasteiger partial charge in [-0.25, -0.2) is 0 Å². The van der Waals surface area contributed by atoms with E-state index in [1.54, 1.807) is 0 Å². The monoisotopic (exact) mass is 225 g/mol. The molecular formula is C13H27N3. The Bertz CT molecular complexity index is 217. The number of likely N-dealkylation sites (N-methyl/N-ethyl adjacent to an activating group) is 1. The van der Waals surface area contributed by atoms with Crippen LogP contribution in [-0.2, 0) is 0 Å². The van der Waals surface area contributed by atoms with Gasteiger partial charge >= 0.3 is 0 Å². The molecule has 16 heavy (non-hydrogen) atoms. The van der Waals surface area contributed by atoms with Crippen LogP contribution in [-0.4, -0.2) is 61.2 Å². The number of likely N-dealkylation sites (tertiary alicyclic amines) is 2. The van der Waals surface area contributed by atoms with E-state index < -0.39 is 0 Å². The molecule has 1 N–H and O–H groups in total. The highest BCUT2D eigenvalue weighted by Gasteiger charge is 2.34. The molecule has 0 amide bonds. The molecule has 0 aromatic rings. The average molecular weight is 225 g/mol. The molecule has 0 aromatic heterocycles. The zero-order chi connectivity index (χ0) is 11.5. The third-order valence-electron chi connectivity index (χ3n) is 4.26. The lowest BCUT2D eigenvalue weighted by Gasteiger charge is -2.31. The van der Waals surface area contributed by atoms with Gasteiger partial charge in [0.25, 0.3) is 0 Å². The SMILES string of the molecule is CNCC1CCCN1C1CCN(C(C)C)C1. The molecule has 2 aliphatic heterocycles. The minimum absolute atomic E-state index is 0.718. The molecule has 0 aromatic carbocycles. The fourth-order valence-electron chi connectivity index (χ4n) is 3.30. The normalized spacial score (nSPS) is 33.0. The van der Waals surface area contributed by atoms with Crippen LogP contribution in [0.5, 0.6) is 0 Å². The Morgan fingerprint density at radius 1 is 1.25 bits per heavy atom. The standard InChI is InChI=1S/C13H27N3/c1-11(2)15-8-6-13(10-15)16-7-4-5-12(16)9-14-3/h11-14H,4-10H2,1-3H3. The van der Waals surface area contributed by atoms with Crippen LogP contribution in [0.15, 0.2) is 0 Å². The Balaban J connectivity index is 1.88. The van der Waals surface area contributed by atoms with E-state index in [2.05, 4.69) is 36.0 Å². The number of nitrogens with zero attached hydrogens (tertiary/aromatic N) is 2. The summed E-state index contributed by atoms with van der Waals surface area (Å²) in [6.07, 6.45) is 4.15. The van der Waals surface area contributed by atoms with Crippen molar-refractivity contribution >= 4 is 0 Å². The highest BCUT2D eigenvalue weighted by atomic mass is 15.3. The van der Waals surface area contributed by atoms with E-state index in [1.807, 2.05) is 0 Å². The first-order valence-corrected chi connectivity index (χ1v) is 6.86. The van der Waals surface area contributed by atoms with Gasteiger partial charge < -0.3 is 5.32 Å². The Morgan fingerprint density at radius 2 is 2.06 bits per heavy atom. The second-order valence-electron chi connectivity index (χ2n) is 5.62. The summed E-state index contributed by atoms with van der Waals surface area (Å²) in [4.78, 5) is 5.39. The molecule has 2 heterocycles. The van der Waals surface area contributed by atoms with Crippen LogP contribution in [0.1, 0.15) is 33.1 Å². The van der Waals surface area contributed by atoms with Crippen LogP contribution < -0.4 is 5.32 Å².